The zero-order valence-electron chi connectivity index (χ0n) is 16.8. The van der Waals surface area contributed by atoms with Crippen LogP contribution in [0, 0.1) is 5.82 Å². The molecule has 1 saturated heterocycles. The van der Waals surface area contributed by atoms with Crippen LogP contribution in [0.4, 0.5) is 10.2 Å². The Morgan fingerprint density at radius 1 is 1.13 bits per heavy atom. The molecule has 1 fully saturated rings. The normalized spacial score (nSPS) is 21.6. The Morgan fingerprint density at radius 2 is 2.03 bits per heavy atom. The van der Waals surface area contributed by atoms with Gasteiger partial charge < -0.3 is 14.6 Å². The number of morpholine rings is 1. The molecule has 3 aromatic rings. The molecule has 30 heavy (non-hydrogen) atoms. The van der Waals surface area contributed by atoms with E-state index in [0.717, 1.165) is 79.5 Å². The Hall–Kier alpha value is -2.77. The van der Waals surface area contributed by atoms with Gasteiger partial charge in [0.25, 0.3) is 0 Å². The van der Waals surface area contributed by atoms with Crippen LogP contribution in [0.2, 0.25) is 0 Å². The molecule has 7 heteroatoms. The van der Waals surface area contributed by atoms with Crippen molar-refractivity contribution in [2.75, 3.05) is 37.7 Å². The Bertz CT molecular complexity index is 1230. The van der Waals surface area contributed by atoms with Crippen molar-refractivity contribution in [2.24, 2.45) is 4.99 Å². The van der Waals surface area contributed by atoms with Crippen LogP contribution in [0.25, 0.3) is 17.0 Å². The predicted molar refractivity (Wildman–Crippen MR) is 113 cm³/mol. The van der Waals surface area contributed by atoms with Crippen LogP contribution in [0.5, 0.6) is 0 Å². The van der Waals surface area contributed by atoms with Crippen molar-refractivity contribution in [1.82, 2.24) is 14.9 Å². The van der Waals surface area contributed by atoms with Gasteiger partial charge in [-0.05, 0) is 29.8 Å². The summed E-state index contributed by atoms with van der Waals surface area (Å²) in [5.74, 6) is 0.818. The number of halogens is 1. The minimum atomic E-state index is -0.187. The summed E-state index contributed by atoms with van der Waals surface area (Å²) < 4.78 is 19.2. The van der Waals surface area contributed by atoms with Crippen molar-refractivity contribution >= 4 is 22.8 Å². The second-order valence-corrected chi connectivity index (χ2v) is 8.24. The highest BCUT2D eigenvalue weighted by atomic mass is 19.1. The maximum Gasteiger partial charge on any atom is 0.129 e. The van der Waals surface area contributed by atoms with Crippen molar-refractivity contribution in [3.8, 4) is 0 Å². The van der Waals surface area contributed by atoms with Gasteiger partial charge in [0.05, 0.1) is 24.8 Å². The van der Waals surface area contributed by atoms with E-state index in [9.17, 15) is 4.39 Å². The Kier molecular flexibility index (Phi) is 4.32. The summed E-state index contributed by atoms with van der Waals surface area (Å²) >= 11 is 0. The average Bonchev–Trinajstić information content (AvgIpc) is 3.16. The molecule has 1 unspecified atom stereocenters. The molecule has 0 spiro atoms. The van der Waals surface area contributed by atoms with Crippen LogP contribution in [0.3, 0.4) is 0 Å². The molecule has 2 aromatic heterocycles. The molecular formula is C23H24FN5O. The first-order valence-corrected chi connectivity index (χ1v) is 10.6. The summed E-state index contributed by atoms with van der Waals surface area (Å²) in [7, 11) is 0. The molecule has 1 N–H and O–H groups in total. The fourth-order valence-corrected chi connectivity index (χ4v) is 4.83. The van der Waals surface area contributed by atoms with Gasteiger partial charge in [-0.2, -0.15) is 0 Å². The lowest BCUT2D eigenvalue weighted by Crippen LogP contribution is -2.44. The van der Waals surface area contributed by atoms with E-state index in [1.165, 1.54) is 17.3 Å². The van der Waals surface area contributed by atoms with E-state index < -0.39 is 0 Å². The van der Waals surface area contributed by atoms with Gasteiger partial charge in [0, 0.05) is 60.8 Å². The molecule has 0 amide bonds. The average molecular weight is 405 g/mol. The predicted octanol–water partition coefficient (Wildman–Crippen LogP) is 1.73. The van der Waals surface area contributed by atoms with Crippen molar-refractivity contribution in [1.29, 1.82) is 0 Å². The number of anilines is 1. The Balaban J connectivity index is 1.27. The second kappa shape index (κ2) is 7.18. The van der Waals surface area contributed by atoms with Crippen LogP contribution in [0.1, 0.15) is 17.7 Å². The first kappa shape index (κ1) is 18.0. The van der Waals surface area contributed by atoms with Crippen LogP contribution in [-0.2, 0) is 17.7 Å². The fraction of sp³-hybridized carbons (Fsp3) is 0.391. The van der Waals surface area contributed by atoms with Crippen molar-refractivity contribution in [2.45, 2.75) is 25.6 Å². The molecule has 154 valence electrons. The molecule has 3 aliphatic heterocycles. The zero-order valence-corrected chi connectivity index (χ0v) is 16.8. The Morgan fingerprint density at radius 3 is 2.93 bits per heavy atom. The lowest BCUT2D eigenvalue weighted by atomic mass is 10.0. The quantitative estimate of drug-likeness (QED) is 0.706. The van der Waals surface area contributed by atoms with Crippen LogP contribution < -0.4 is 15.5 Å². The Labute approximate surface area is 173 Å². The van der Waals surface area contributed by atoms with Gasteiger partial charge in [0.1, 0.15) is 17.8 Å². The molecule has 0 bridgehead atoms. The number of ether oxygens (including phenoxy) is 1. The molecule has 6 nitrogen and oxygen atoms in total. The van der Waals surface area contributed by atoms with Crippen LogP contribution in [0.15, 0.2) is 35.5 Å². The number of hydrogen-bond acceptors (Lipinski definition) is 5. The van der Waals surface area contributed by atoms with Gasteiger partial charge in [0.2, 0.25) is 0 Å². The number of pyridine rings is 1. The molecule has 0 saturated carbocycles. The van der Waals surface area contributed by atoms with E-state index >= 15 is 0 Å². The molecule has 5 heterocycles. The monoisotopic (exact) mass is 405 g/mol. The number of nitrogens with zero attached hydrogens (tertiary/aromatic N) is 4. The fourth-order valence-electron chi connectivity index (χ4n) is 4.83. The van der Waals surface area contributed by atoms with Gasteiger partial charge in [-0.25, -0.2) is 9.37 Å². The van der Waals surface area contributed by atoms with E-state index in [4.69, 9.17) is 9.73 Å². The van der Waals surface area contributed by atoms with Gasteiger partial charge in [0.15, 0.2) is 0 Å². The van der Waals surface area contributed by atoms with Crippen molar-refractivity contribution < 1.29 is 9.13 Å². The van der Waals surface area contributed by atoms with Gasteiger partial charge in [-0.1, -0.05) is 6.08 Å². The number of rotatable bonds is 2. The third kappa shape index (κ3) is 3.09. The van der Waals surface area contributed by atoms with Crippen molar-refractivity contribution in [3.63, 3.8) is 0 Å². The van der Waals surface area contributed by atoms with E-state index in [-0.39, 0.29) is 12.0 Å². The number of fused-ring (bicyclic) bond motifs is 4. The third-order valence-corrected chi connectivity index (χ3v) is 6.46. The highest BCUT2D eigenvalue weighted by molar-refractivity contribution is 5.85. The van der Waals surface area contributed by atoms with Gasteiger partial charge in [-0.3, -0.25) is 9.89 Å². The minimum Gasteiger partial charge on any atom is -0.378 e. The number of H-pyrrole nitrogens is 1. The van der Waals surface area contributed by atoms with Crippen LogP contribution >= 0.6 is 0 Å². The largest absolute Gasteiger partial charge is 0.378 e. The SMILES string of the molecule is Fc1ccc2[nH]c3c(c2c1)CN(C1CC=c2cc(N4CCOCC4)ncc2=N1)CC3. The summed E-state index contributed by atoms with van der Waals surface area (Å²) in [4.78, 5) is 17.8. The maximum atomic E-state index is 13.8. The molecule has 0 aliphatic carbocycles. The summed E-state index contributed by atoms with van der Waals surface area (Å²) in [6, 6.07) is 7.14. The smallest absolute Gasteiger partial charge is 0.129 e. The molecule has 1 aromatic carbocycles. The molecule has 6 rings (SSSR count). The lowest BCUT2D eigenvalue weighted by molar-refractivity contribution is 0.122. The summed E-state index contributed by atoms with van der Waals surface area (Å²) in [5.41, 5.74) is 3.45. The highest BCUT2D eigenvalue weighted by Crippen LogP contribution is 2.30. The molecule has 3 aliphatic rings. The van der Waals surface area contributed by atoms with E-state index in [2.05, 4.69) is 31.9 Å². The topological polar surface area (TPSA) is 56.8 Å². The first-order chi connectivity index (χ1) is 14.7. The number of aromatic nitrogens is 2. The first-order valence-electron chi connectivity index (χ1n) is 10.6. The van der Waals surface area contributed by atoms with Crippen LogP contribution in [-0.4, -0.2) is 53.9 Å². The summed E-state index contributed by atoms with van der Waals surface area (Å²) in [5, 5.41) is 3.11. The third-order valence-electron chi connectivity index (χ3n) is 6.46. The van der Waals surface area contributed by atoms with E-state index in [1.54, 1.807) is 6.07 Å². The maximum absolute atomic E-state index is 13.8. The minimum absolute atomic E-state index is 0.0974. The number of benzene rings is 1. The van der Waals surface area contributed by atoms with E-state index in [0.29, 0.717) is 0 Å². The number of nitrogens with one attached hydrogen (secondary N) is 1. The second-order valence-electron chi connectivity index (χ2n) is 8.24. The zero-order chi connectivity index (χ0) is 20.1. The summed E-state index contributed by atoms with van der Waals surface area (Å²) in [6.45, 7) is 5.00. The van der Waals surface area contributed by atoms with Crippen molar-refractivity contribution in [3.05, 3.63) is 58.1 Å². The van der Waals surface area contributed by atoms with Gasteiger partial charge in [-0.15, -0.1) is 0 Å². The molecule has 1 atom stereocenters. The van der Waals surface area contributed by atoms with E-state index in [1.807, 2.05) is 12.3 Å². The summed E-state index contributed by atoms with van der Waals surface area (Å²) in [6.07, 6.45) is 6.09. The lowest BCUT2D eigenvalue weighted by Gasteiger charge is -2.33. The highest BCUT2D eigenvalue weighted by Gasteiger charge is 2.26. The number of aromatic amines is 1. The standard InChI is InChI=1S/C23H24FN5O/c24-16-2-3-19-17(12-16)18-14-29(6-5-20(18)26-19)22-4-1-15-11-23(25-13-21(15)27-22)28-7-9-30-10-8-28/h1-3,11-13,22,26H,4-10,14H2. The molecular weight excluding hydrogens is 381 g/mol. The molecule has 0 radical (unpaired) electrons. The van der Waals surface area contributed by atoms with Gasteiger partial charge >= 0.3 is 0 Å². The number of hydrogen-bond donors (Lipinski definition) is 1.